The van der Waals surface area contributed by atoms with Crippen LogP contribution in [0.15, 0.2) is 42.7 Å². The second-order valence-corrected chi connectivity index (χ2v) is 4.18. The second-order valence-electron chi connectivity index (χ2n) is 3.77. The summed E-state index contributed by atoms with van der Waals surface area (Å²) in [5.74, 6) is 6.25. The van der Waals surface area contributed by atoms with Crippen molar-refractivity contribution in [2.45, 2.75) is 6.04 Å². The van der Waals surface area contributed by atoms with Crippen LogP contribution >= 0.6 is 11.6 Å². The van der Waals surface area contributed by atoms with Crippen LogP contribution in [0.5, 0.6) is 5.75 Å². The van der Waals surface area contributed by atoms with Gasteiger partial charge in [-0.05, 0) is 35.4 Å². The number of nitrogens with one attached hydrogen (secondary N) is 1. The van der Waals surface area contributed by atoms with E-state index in [0.717, 1.165) is 11.1 Å². The smallest absolute Gasteiger partial charge is 0.137 e. The van der Waals surface area contributed by atoms with Crippen molar-refractivity contribution in [3.8, 4) is 5.75 Å². The molecule has 94 valence electrons. The van der Waals surface area contributed by atoms with Crippen LogP contribution in [0, 0.1) is 0 Å². The van der Waals surface area contributed by atoms with Crippen LogP contribution < -0.4 is 16.0 Å². The number of hydrazine groups is 1. The lowest BCUT2D eigenvalue weighted by molar-refractivity contribution is 0.414. The Hall–Kier alpha value is -1.62. The minimum Gasteiger partial charge on any atom is -0.495 e. The van der Waals surface area contributed by atoms with Crippen molar-refractivity contribution in [2.24, 2.45) is 5.84 Å². The first-order valence-corrected chi connectivity index (χ1v) is 5.83. The van der Waals surface area contributed by atoms with E-state index in [1.807, 2.05) is 24.3 Å². The van der Waals surface area contributed by atoms with Crippen molar-refractivity contribution in [1.29, 1.82) is 0 Å². The van der Waals surface area contributed by atoms with E-state index in [-0.39, 0.29) is 6.04 Å². The first-order valence-electron chi connectivity index (χ1n) is 5.45. The molecule has 5 heteroatoms. The fourth-order valence-electron chi connectivity index (χ4n) is 1.80. The summed E-state index contributed by atoms with van der Waals surface area (Å²) in [4.78, 5) is 3.99. The van der Waals surface area contributed by atoms with Crippen LogP contribution in [0.1, 0.15) is 17.2 Å². The summed E-state index contributed by atoms with van der Waals surface area (Å²) in [6, 6.07) is 9.26. The number of nitrogens with two attached hydrogens (primary N) is 1. The lowest BCUT2D eigenvalue weighted by atomic mass is 10.0. The molecule has 2 aromatic rings. The molecule has 0 bridgehead atoms. The van der Waals surface area contributed by atoms with Crippen molar-refractivity contribution >= 4 is 11.6 Å². The molecule has 18 heavy (non-hydrogen) atoms. The van der Waals surface area contributed by atoms with Crippen molar-refractivity contribution in [2.75, 3.05) is 7.11 Å². The Balaban J connectivity index is 2.39. The SMILES string of the molecule is COc1cc(C(NN)c2ccncc2)ccc1Cl. The number of pyridine rings is 1. The van der Waals surface area contributed by atoms with Gasteiger partial charge in [0, 0.05) is 12.4 Å². The molecule has 0 saturated carbocycles. The van der Waals surface area contributed by atoms with Gasteiger partial charge in [-0.25, -0.2) is 5.43 Å². The molecule has 0 amide bonds. The average molecular weight is 264 g/mol. The van der Waals surface area contributed by atoms with Crippen LogP contribution in [-0.4, -0.2) is 12.1 Å². The molecule has 1 aromatic carbocycles. The zero-order valence-electron chi connectivity index (χ0n) is 9.93. The van der Waals surface area contributed by atoms with Crippen molar-refractivity contribution in [3.05, 3.63) is 58.9 Å². The highest BCUT2D eigenvalue weighted by atomic mass is 35.5. The zero-order valence-corrected chi connectivity index (χ0v) is 10.7. The Kier molecular flexibility index (Phi) is 4.15. The van der Waals surface area contributed by atoms with Gasteiger partial charge < -0.3 is 4.74 Å². The summed E-state index contributed by atoms with van der Waals surface area (Å²) in [7, 11) is 1.59. The summed E-state index contributed by atoms with van der Waals surface area (Å²) < 4.78 is 5.20. The van der Waals surface area contributed by atoms with Gasteiger partial charge in [-0.1, -0.05) is 17.7 Å². The molecule has 1 heterocycles. The predicted molar refractivity (Wildman–Crippen MR) is 71.4 cm³/mol. The molecule has 0 aliphatic carbocycles. The first-order chi connectivity index (χ1) is 8.76. The lowest BCUT2D eigenvalue weighted by Crippen LogP contribution is -2.28. The highest BCUT2D eigenvalue weighted by Crippen LogP contribution is 2.29. The standard InChI is InChI=1S/C13H14ClN3O/c1-18-12-8-10(2-3-11(12)14)13(17-15)9-4-6-16-7-5-9/h2-8,13,17H,15H2,1H3. The van der Waals surface area contributed by atoms with E-state index < -0.39 is 0 Å². The van der Waals surface area contributed by atoms with Crippen molar-refractivity contribution in [3.63, 3.8) is 0 Å². The van der Waals surface area contributed by atoms with E-state index in [9.17, 15) is 0 Å². The largest absolute Gasteiger partial charge is 0.495 e. The van der Waals surface area contributed by atoms with Gasteiger partial charge in [-0.3, -0.25) is 10.8 Å². The van der Waals surface area contributed by atoms with Crippen molar-refractivity contribution in [1.82, 2.24) is 10.4 Å². The van der Waals surface area contributed by atoms with E-state index >= 15 is 0 Å². The van der Waals surface area contributed by atoms with Gasteiger partial charge in [-0.2, -0.15) is 0 Å². The fourth-order valence-corrected chi connectivity index (χ4v) is 1.99. The minimum absolute atomic E-state index is 0.126. The van der Waals surface area contributed by atoms with E-state index in [2.05, 4.69) is 10.4 Å². The molecule has 1 aromatic heterocycles. The number of ether oxygens (including phenoxy) is 1. The highest BCUT2D eigenvalue weighted by molar-refractivity contribution is 6.32. The summed E-state index contributed by atoms with van der Waals surface area (Å²) in [5, 5.41) is 0.576. The third-order valence-electron chi connectivity index (χ3n) is 2.71. The number of benzene rings is 1. The first kappa shape index (κ1) is 12.8. The van der Waals surface area contributed by atoms with Gasteiger partial charge in [0.1, 0.15) is 5.75 Å². The molecule has 1 unspecified atom stereocenters. The van der Waals surface area contributed by atoms with Crippen LogP contribution in [0.3, 0.4) is 0 Å². The Morgan fingerprint density at radius 2 is 1.94 bits per heavy atom. The number of hydrogen-bond acceptors (Lipinski definition) is 4. The summed E-state index contributed by atoms with van der Waals surface area (Å²) >= 11 is 6.00. The lowest BCUT2D eigenvalue weighted by Gasteiger charge is -2.17. The van der Waals surface area contributed by atoms with Gasteiger partial charge in [0.05, 0.1) is 18.2 Å². The third-order valence-corrected chi connectivity index (χ3v) is 3.03. The molecule has 0 saturated heterocycles. The van der Waals surface area contributed by atoms with Crippen LogP contribution in [-0.2, 0) is 0 Å². The molecule has 1 atom stereocenters. The number of methoxy groups -OCH3 is 1. The number of hydrogen-bond donors (Lipinski definition) is 2. The fraction of sp³-hybridized carbons (Fsp3) is 0.154. The highest BCUT2D eigenvalue weighted by Gasteiger charge is 2.14. The van der Waals surface area contributed by atoms with Gasteiger partial charge in [-0.15, -0.1) is 0 Å². The normalized spacial score (nSPS) is 12.2. The Bertz CT molecular complexity index is 519. The number of rotatable bonds is 4. The minimum atomic E-state index is -0.126. The van der Waals surface area contributed by atoms with Gasteiger partial charge in [0.25, 0.3) is 0 Å². The third kappa shape index (κ3) is 2.61. The molecule has 2 rings (SSSR count). The van der Waals surface area contributed by atoms with Crippen LogP contribution in [0.25, 0.3) is 0 Å². The maximum absolute atomic E-state index is 6.00. The molecule has 3 N–H and O–H groups in total. The number of nitrogens with zero attached hydrogens (tertiary/aromatic N) is 1. The van der Waals surface area contributed by atoms with Crippen LogP contribution in [0.4, 0.5) is 0 Å². The number of aromatic nitrogens is 1. The van der Waals surface area contributed by atoms with E-state index in [1.165, 1.54) is 0 Å². The maximum Gasteiger partial charge on any atom is 0.137 e. The van der Waals surface area contributed by atoms with E-state index in [4.69, 9.17) is 22.2 Å². The molecule has 0 radical (unpaired) electrons. The molecule has 0 aliphatic heterocycles. The summed E-state index contributed by atoms with van der Waals surface area (Å²) in [5.41, 5.74) is 4.78. The molecular weight excluding hydrogens is 250 g/mol. The average Bonchev–Trinajstić information content (AvgIpc) is 2.42. The van der Waals surface area contributed by atoms with Gasteiger partial charge in [0.2, 0.25) is 0 Å². The van der Waals surface area contributed by atoms with Crippen LogP contribution in [0.2, 0.25) is 5.02 Å². The maximum atomic E-state index is 6.00. The Morgan fingerprint density at radius 3 is 2.56 bits per heavy atom. The molecule has 0 fully saturated rings. The quantitative estimate of drug-likeness (QED) is 0.656. The molecule has 0 spiro atoms. The summed E-state index contributed by atoms with van der Waals surface area (Å²) in [6.07, 6.45) is 3.46. The molecule has 0 aliphatic rings. The monoisotopic (exact) mass is 263 g/mol. The Morgan fingerprint density at radius 1 is 1.22 bits per heavy atom. The van der Waals surface area contributed by atoms with E-state index in [0.29, 0.717) is 10.8 Å². The predicted octanol–water partition coefficient (Wildman–Crippen LogP) is 2.30. The van der Waals surface area contributed by atoms with Gasteiger partial charge >= 0.3 is 0 Å². The summed E-state index contributed by atoms with van der Waals surface area (Å²) in [6.45, 7) is 0. The second kappa shape index (κ2) is 5.82. The number of halogens is 1. The van der Waals surface area contributed by atoms with E-state index in [1.54, 1.807) is 25.6 Å². The zero-order chi connectivity index (χ0) is 13.0. The van der Waals surface area contributed by atoms with Crippen molar-refractivity contribution < 1.29 is 4.74 Å². The van der Waals surface area contributed by atoms with Gasteiger partial charge in [0.15, 0.2) is 0 Å². The molecular formula is C13H14ClN3O. The topological polar surface area (TPSA) is 60.2 Å². The molecule has 4 nitrogen and oxygen atoms in total. The Labute approximate surface area is 111 Å².